The standard InChI is InChI=1S/C16H23N5OS/c1-12(2)22-15-10-17-9-14(20-15)18-6-5-13-11-23-16(19-13)21-7-3-4-8-21/h9-12H,3-8H2,1-2H3,(H,18,20). The van der Waals surface area contributed by atoms with Gasteiger partial charge in [-0.1, -0.05) is 0 Å². The topological polar surface area (TPSA) is 63.2 Å². The van der Waals surface area contributed by atoms with Crippen LogP contribution in [0.3, 0.4) is 0 Å². The first-order valence-corrected chi connectivity index (χ1v) is 9.00. The molecule has 0 spiro atoms. The summed E-state index contributed by atoms with van der Waals surface area (Å²) in [4.78, 5) is 15.6. The molecule has 0 aliphatic carbocycles. The lowest BCUT2D eigenvalue weighted by Crippen LogP contribution is -2.17. The molecule has 0 bridgehead atoms. The lowest BCUT2D eigenvalue weighted by Gasteiger charge is -2.12. The zero-order chi connectivity index (χ0) is 16.1. The second-order valence-electron chi connectivity index (χ2n) is 5.90. The Morgan fingerprint density at radius 3 is 2.87 bits per heavy atom. The Morgan fingerprint density at radius 1 is 1.26 bits per heavy atom. The van der Waals surface area contributed by atoms with Crippen molar-refractivity contribution in [2.45, 2.75) is 39.2 Å². The van der Waals surface area contributed by atoms with E-state index in [-0.39, 0.29) is 6.10 Å². The molecule has 3 heterocycles. The number of rotatable bonds is 7. The lowest BCUT2D eigenvalue weighted by atomic mass is 10.3. The Bertz CT molecular complexity index is 624. The molecule has 0 aromatic carbocycles. The van der Waals surface area contributed by atoms with E-state index in [0.29, 0.717) is 5.88 Å². The van der Waals surface area contributed by atoms with Gasteiger partial charge in [0.1, 0.15) is 5.82 Å². The van der Waals surface area contributed by atoms with Crippen LogP contribution in [-0.2, 0) is 6.42 Å². The lowest BCUT2D eigenvalue weighted by molar-refractivity contribution is 0.232. The molecular formula is C16H23N5OS. The number of nitrogens with one attached hydrogen (secondary N) is 1. The molecule has 0 amide bonds. The van der Waals surface area contributed by atoms with Gasteiger partial charge in [-0.3, -0.25) is 4.98 Å². The first kappa shape index (κ1) is 16.0. The van der Waals surface area contributed by atoms with Crippen molar-refractivity contribution in [1.82, 2.24) is 15.0 Å². The molecule has 1 aliphatic heterocycles. The number of hydrogen-bond donors (Lipinski definition) is 1. The third kappa shape index (κ3) is 4.54. The minimum absolute atomic E-state index is 0.0959. The Balaban J connectivity index is 1.49. The summed E-state index contributed by atoms with van der Waals surface area (Å²) < 4.78 is 5.55. The van der Waals surface area contributed by atoms with E-state index in [4.69, 9.17) is 9.72 Å². The molecule has 3 rings (SSSR count). The van der Waals surface area contributed by atoms with Gasteiger partial charge < -0.3 is 15.0 Å². The minimum Gasteiger partial charge on any atom is -0.474 e. The maximum atomic E-state index is 5.55. The number of ether oxygens (including phenoxy) is 1. The van der Waals surface area contributed by atoms with Crippen LogP contribution in [0.15, 0.2) is 17.8 Å². The third-order valence-corrected chi connectivity index (χ3v) is 4.52. The number of thiazole rings is 1. The van der Waals surface area contributed by atoms with Crippen molar-refractivity contribution in [2.75, 3.05) is 29.9 Å². The van der Waals surface area contributed by atoms with Crippen molar-refractivity contribution >= 4 is 22.3 Å². The fraction of sp³-hybridized carbons (Fsp3) is 0.562. The van der Waals surface area contributed by atoms with Gasteiger partial charge in [0, 0.05) is 31.4 Å². The molecule has 1 aliphatic rings. The Hall–Kier alpha value is -1.89. The Labute approximate surface area is 140 Å². The van der Waals surface area contributed by atoms with Gasteiger partial charge in [0.15, 0.2) is 5.13 Å². The Kier molecular flexibility index (Phi) is 5.27. The van der Waals surface area contributed by atoms with E-state index >= 15 is 0 Å². The molecule has 1 fully saturated rings. The van der Waals surface area contributed by atoms with Gasteiger partial charge in [0.05, 0.1) is 24.2 Å². The number of hydrogen-bond acceptors (Lipinski definition) is 7. The molecule has 2 aromatic rings. The monoisotopic (exact) mass is 333 g/mol. The molecule has 0 radical (unpaired) electrons. The molecule has 0 unspecified atom stereocenters. The summed E-state index contributed by atoms with van der Waals surface area (Å²) in [6, 6.07) is 0. The molecule has 2 aromatic heterocycles. The highest BCUT2D eigenvalue weighted by atomic mass is 32.1. The van der Waals surface area contributed by atoms with E-state index in [0.717, 1.165) is 42.7 Å². The minimum atomic E-state index is 0.0959. The maximum absolute atomic E-state index is 5.55. The highest BCUT2D eigenvalue weighted by Crippen LogP contribution is 2.24. The zero-order valence-electron chi connectivity index (χ0n) is 13.7. The largest absolute Gasteiger partial charge is 0.474 e. The van der Waals surface area contributed by atoms with Crippen LogP contribution in [0.5, 0.6) is 5.88 Å². The van der Waals surface area contributed by atoms with E-state index in [2.05, 4.69) is 25.6 Å². The molecule has 23 heavy (non-hydrogen) atoms. The van der Waals surface area contributed by atoms with Gasteiger partial charge >= 0.3 is 0 Å². The second-order valence-corrected chi connectivity index (χ2v) is 6.74. The molecule has 7 heteroatoms. The van der Waals surface area contributed by atoms with E-state index in [1.54, 1.807) is 23.7 Å². The highest BCUT2D eigenvalue weighted by Gasteiger charge is 2.15. The molecular weight excluding hydrogens is 310 g/mol. The van der Waals surface area contributed by atoms with Gasteiger partial charge in [-0.2, -0.15) is 4.98 Å². The molecule has 0 saturated carbocycles. The summed E-state index contributed by atoms with van der Waals surface area (Å²) in [6.07, 6.45) is 6.88. The Morgan fingerprint density at radius 2 is 2.09 bits per heavy atom. The van der Waals surface area contributed by atoms with Gasteiger partial charge in [0.2, 0.25) is 5.88 Å². The number of anilines is 2. The van der Waals surface area contributed by atoms with Gasteiger partial charge in [-0.15, -0.1) is 11.3 Å². The summed E-state index contributed by atoms with van der Waals surface area (Å²) in [5.74, 6) is 1.29. The van der Waals surface area contributed by atoms with Crippen LogP contribution in [-0.4, -0.2) is 40.7 Å². The van der Waals surface area contributed by atoms with E-state index in [9.17, 15) is 0 Å². The fourth-order valence-corrected chi connectivity index (χ4v) is 3.43. The second kappa shape index (κ2) is 7.59. The van der Waals surface area contributed by atoms with Crippen LogP contribution in [0.2, 0.25) is 0 Å². The van der Waals surface area contributed by atoms with Crippen molar-refractivity contribution < 1.29 is 4.74 Å². The summed E-state index contributed by atoms with van der Waals surface area (Å²) in [6.45, 7) is 7.01. The first-order chi connectivity index (χ1) is 11.2. The highest BCUT2D eigenvalue weighted by molar-refractivity contribution is 7.13. The van der Waals surface area contributed by atoms with Crippen molar-refractivity contribution in [2.24, 2.45) is 0 Å². The van der Waals surface area contributed by atoms with Crippen LogP contribution in [0.1, 0.15) is 32.4 Å². The number of aromatic nitrogens is 3. The molecule has 124 valence electrons. The van der Waals surface area contributed by atoms with E-state index in [1.165, 1.54) is 12.8 Å². The summed E-state index contributed by atoms with van der Waals surface area (Å²) in [5.41, 5.74) is 1.13. The molecule has 0 atom stereocenters. The van der Waals surface area contributed by atoms with Gasteiger partial charge in [0.25, 0.3) is 0 Å². The predicted octanol–water partition coefficient (Wildman–Crippen LogP) is 2.98. The van der Waals surface area contributed by atoms with E-state index < -0.39 is 0 Å². The zero-order valence-corrected chi connectivity index (χ0v) is 14.5. The van der Waals surface area contributed by atoms with Gasteiger partial charge in [-0.25, -0.2) is 4.98 Å². The van der Waals surface area contributed by atoms with Crippen LogP contribution in [0.4, 0.5) is 10.9 Å². The van der Waals surface area contributed by atoms with Crippen LogP contribution >= 0.6 is 11.3 Å². The van der Waals surface area contributed by atoms with E-state index in [1.807, 2.05) is 13.8 Å². The molecule has 6 nitrogen and oxygen atoms in total. The van der Waals surface area contributed by atoms with Crippen molar-refractivity contribution in [3.05, 3.63) is 23.5 Å². The third-order valence-electron chi connectivity index (χ3n) is 3.57. The SMILES string of the molecule is CC(C)Oc1cncc(NCCc2csc(N3CCCC3)n2)n1. The van der Waals surface area contributed by atoms with Crippen molar-refractivity contribution in [3.8, 4) is 5.88 Å². The van der Waals surface area contributed by atoms with Gasteiger partial charge in [-0.05, 0) is 26.7 Å². The van der Waals surface area contributed by atoms with Crippen LogP contribution < -0.4 is 15.0 Å². The smallest absolute Gasteiger partial charge is 0.234 e. The maximum Gasteiger partial charge on any atom is 0.234 e. The molecule has 1 saturated heterocycles. The average Bonchev–Trinajstić information content (AvgIpc) is 3.18. The fourth-order valence-electron chi connectivity index (χ4n) is 2.51. The first-order valence-electron chi connectivity index (χ1n) is 8.12. The van der Waals surface area contributed by atoms with Crippen LogP contribution in [0.25, 0.3) is 0 Å². The number of nitrogens with zero attached hydrogens (tertiary/aromatic N) is 4. The summed E-state index contributed by atoms with van der Waals surface area (Å²) >= 11 is 1.74. The van der Waals surface area contributed by atoms with Crippen molar-refractivity contribution in [1.29, 1.82) is 0 Å². The summed E-state index contributed by atoms with van der Waals surface area (Å²) in [7, 11) is 0. The van der Waals surface area contributed by atoms with Crippen LogP contribution in [0, 0.1) is 0 Å². The quantitative estimate of drug-likeness (QED) is 0.840. The normalized spacial score (nSPS) is 14.5. The predicted molar refractivity (Wildman–Crippen MR) is 93.6 cm³/mol. The molecule has 1 N–H and O–H groups in total. The van der Waals surface area contributed by atoms with Crippen molar-refractivity contribution in [3.63, 3.8) is 0 Å². The summed E-state index contributed by atoms with van der Waals surface area (Å²) in [5, 5.41) is 6.59. The average molecular weight is 333 g/mol.